The molecule has 0 spiro atoms. The van der Waals surface area contributed by atoms with Gasteiger partial charge in [-0.1, -0.05) is 12.1 Å². The summed E-state index contributed by atoms with van der Waals surface area (Å²) in [5.41, 5.74) is 2.07. The van der Waals surface area contributed by atoms with Gasteiger partial charge in [0, 0.05) is 0 Å². The molecular formula is C12H12N4O4. The van der Waals surface area contributed by atoms with Gasteiger partial charge in [-0.25, -0.2) is 5.84 Å². The summed E-state index contributed by atoms with van der Waals surface area (Å²) in [6, 6.07) is 9.29. The van der Waals surface area contributed by atoms with Gasteiger partial charge in [-0.15, -0.1) is 0 Å². The van der Waals surface area contributed by atoms with Gasteiger partial charge in [-0.05, 0) is 12.1 Å². The van der Waals surface area contributed by atoms with Crippen molar-refractivity contribution in [3.05, 3.63) is 46.5 Å². The summed E-state index contributed by atoms with van der Waals surface area (Å²) in [7, 11) is 1.50. The molecule has 0 radical (unpaired) electrons. The molecule has 20 heavy (non-hydrogen) atoms. The van der Waals surface area contributed by atoms with Crippen LogP contribution < -0.4 is 20.7 Å². The summed E-state index contributed by atoms with van der Waals surface area (Å²) in [5, 5.41) is 10.8. The Balaban J connectivity index is 2.37. The molecule has 2 aromatic rings. The fraction of sp³-hybridized carbons (Fsp3) is 0.0833. The number of para-hydroxylation sites is 2. The normalized spacial score (nSPS) is 9.90. The molecule has 0 saturated heterocycles. The number of nitrogen functional groups attached to an aromatic ring is 1. The van der Waals surface area contributed by atoms with Crippen molar-refractivity contribution in [3.63, 3.8) is 0 Å². The van der Waals surface area contributed by atoms with Crippen molar-refractivity contribution >= 4 is 11.5 Å². The number of hydrogen-bond acceptors (Lipinski definition) is 7. The Morgan fingerprint density at radius 1 is 1.30 bits per heavy atom. The quantitative estimate of drug-likeness (QED) is 0.488. The molecule has 104 valence electrons. The van der Waals surface area contributed by atoms with E-state index in [9.17, 15) is 10.1 Å². The monoisotopic (exact) mass is 276 g/mol. The van der Waals surface area contributed by atoms with Gasteiger partial charge in [-0.3, -0.25) is 10.1 Å². The molecule has 0 unspecified atom stereocenters. The number of nitrogens with one attached hydrogen (secondary N) is 1. The number of benzene rings is 1. The molecular weight excluding hydrogens is 264 g/mol. The Bertz CT molecular complexity index is 633. The Morgan fingerprint density at radius 2 is 2.00 bits per heavy atom. The van der Waals surface area contributed by atoms with E-state index in [2.05, 4.69) is 10.4 Å². The number of rotatable bonds is 5. The number of methoxy groups -OCH3 is 1. The number of aromatic nitrogens is 1. The maximum Gasteiger partial charge on any atom is 0.278 e. The van der Waals surface area contributed by atoms with Gasteiger partial charge in [0.05, 0.1) is 24.2 Å². The molecule has 0 amide bonds. The SMILES string of the molecule is COc1ccccc1Oc1cc([N+](=O)[O-])cc(NN)n1. The van der Waals surface area contributed by atoms with E-state index in [0.29, 0.717) is 11.5 Å². The van der Waals surface area contributed by atoms with E-state index < -0.39 is 4.92 Å². The van der Waals surface area contributed by atoms with Crippen LogP contribution in [0.4, 0.5) is 11.5 Å². The Labute approximate surface area is 114 Å². The van der Waals surface area contributed by atoms with Gasteiger partial charge in [0.15, 0.2) is 17.3 Å². The minimum atomic E-state index is -0.558. The lowest BCUT2D eigenvalue weighted by atomic mass is 10.3. The lowest BCUT2D eigenvalue weighted by Gasteiger charge is -2.09. The second-order valence-corrected chi connectivity index (χ2v) is 3.70. The van der Waals surface area contributed by atoms with Crippen molar-refractivity contribution in [2.75, 3.05) is 12.5 Å². The predicted molar refractivity (Wildman–Crippen MR) is 71.8 cm³/mol. The van der Waals surface area contributed by atoms with Crippen LogP contribution in [0.5, 0.6) is 17.4 Å². The fourth-order valence-corrected chi connectivity index (χ4v) is 1.54. The number of anilines is 1. The maximum absolute atomic E-state index is 10.8. The van der Waals surface area contributed by atoms with Crippen molar-refractivity contribution < 1.29 is 14.4 Å². The van der Waals surface area contributed by atoms with Crippen LogP contribution in [0, 0.1) is 10.1 Å². The zero-order valence-corrected chi connectivity index (χ0v) is 10.6. The van der Waals surface area contributed by atoms with Crippen molar-refractivity contribution in [2.45, 2.75) is 0 Å². The molecule has 8 nitrogen and oxygen atoms in total. The van der Waals surface area contributed by atoms with Crippen LogP contribution in [0.3, 0.4) is 0 Å². The van der Waals surface area contributed by atoms with E-state index in [1.54, 1.807) is 24.3 Å². The number of nitro groups is 1. The van der Waals surface area contributed by atoms with Crippen molar-refractivity contribution in [1.82, 2.24) is 4.98 Å². The summed E-state index contributed by atoms with van der Waals surface area (Å²) in [6.45, 7) is 0. The van der Waals surface area contributed by atoms with Crippen molar-refractivity contribution in [2.24, 2.45) is 5.84 Å². The molecule has 1 aromatic heterocycles. The molecule has 0 aliphatic heterocycles. The van der Waals surface area contributed by atoms with E-state index in [-0.39, 0.29) is 17.4 Å². The molecule has 8 heteroatoms. The first-order valence-electron chi connectivity index (χ1n) is 5.58. The summed E-state index contributed by atoms with van der Waals surface area (Å²) in [6.07, 6.45) is 0. The number of nitrogens with two attached hydrogens (primary N) is 1. The first-order chi connectivity index (χ1) is 9.63. The van der Waals surface area contributed by atoms with Crippen LogP contribution in [0.1, 0.15) is 0 Å². The number of nitrogens with zero attached hydrogens (tertiary/aromatic N) is 2. The smallest absolute Gasteiger partial charge is 0.278 e. The second-order valence-electron chi connectivity index (χ2n) is 3.70. The van der Waals surface area contributed by atoms with Gasteiger partial charge < -0.3 is 14.9 Å². The molecule has 0 atom stereocenters. The lowest BCUT2D eigenvalue weighted by molar-refractivity contribution is -0.384. The van der Waals surface area contributed by atoms with E-state index in [1.807, 2.05) is 0 Å². The Morgan fingerprint density at radius 3 is 2.60 bits per heavy atom. The number of hydrazine groups is 1. The molecule has 1 heterocycles. The molecule has 0 bridgehead atoms. The first kappa shape index (κ1) is 13.6. The highest BCUT2D eigenvalue weighted by molar-refractivity contribution is 5.49. The third-order valence-electron chi connectivity index (χ3n) is 2.43. The van der Waals surface area contributed by atoms with Gasteiger partial charge >= 0.3 is 0 Å². The molecule has 0 saturated carbocycles. The van der Waals surface area contributed by atoms with E-state index >= 15 is 0 Å². The van der Waals surface area contributed by atoms with E-state index in [0.717, 1.165) is 0 Å². The largest absolute Gasteiger partial charge is 0.493 e. The van der Waals surface area contributed by atoms with Crippen molar-refractivity contribution in [1.29, 1.82) is 0 Å². The average Bonchev–Trinajstić information content (AvgIpc) is 2.47. The zero-order valence-electron chi connectivity index (χ0n) is 10.6. The average molecular weight is 276 g/mol. The van der Waals surface area contributed by atoms with Gasteiger partial charge in [-0.2, -0.15) is 4.98 Å². The predicted octanol–water partition coefficient (Wildman–Crippen LogP) is 2.08. The standard InChI is InChI=1S/C12H12N4O4/c1-19-9-4-2-3-5-10(9)20-12-7-8(16(17)18)6-11(14-12)15-13/h2-7H,13H2,1H3,(H,14,15). The van der Waals surface area contributed by atoms with Crippen LogP contribution in [-0.4, -0.2) is 17.0 Å². The molecule has 0 aliphatic rings. The van der Waals surface area contributed by atoms with Crippen LogP contribution in [0.15, 0.2) is 36.4 Å². The zero-order chi connectivity index (χ0) is 14.5. The molecule has 0 aliphatic carbocycles. The van der Waals surface area contributed by atoms with Crippen LogP contribution in [0.2, 0.25) is 0 Å². The fourth-order valence-electron chi connectivity index (χ4n) is 1.54. The lowest BCUT2D eigenvalue weighted by Crippen LogP contribution is -2.09. The maximum atomic E-state index is 10.8. The third kappa shape index (κ3) is 2.93. The highest BCUT2D eigenvalue weighted by Crippen LogP contribution is 2.32. The second kappa shape index (κ2) is 5.85. The number of hydrogen-bond donors (Lipinski definition) is 2. The summed E-state index contributed by atoms with van der Waals surface area (Å²) >= 11 is 0. The van der Waals surface area contributed by atoms with E-state index in [4.69, 9.17) is 15.3 Å². The highest BCUT2D eigenvalue weighted by atomic mass is 16.6. The summed E-state index contributed by atoms with van der Waals surface area (Å²) in [4.78, 5) is 14.3. The Kier molecular flexibility index (Phi) is 3.96. The number of ether oxygens (including phenoxy) is 2. The molecule has 2 rings (SSSR count). The minimum absolute atomic E-state index is 0.0386. The molecule has 3 N–H and O–H groups in total. The first-order valence-corrected chi connectivity index (χ1v) is 5.58. The van der Waals surface area contributed by atoms with E-state index in [1.165, 1.54) is 19.2 Å². The van der Waals surface area contributed by atoms with Crippen molar-refractivity contribution in [3.8, 4) is 17.4 Å². The topological polar surface area (TPSA) is 113 Å². The van der Waals surface area contributed by atoms with Gasteiger partial charge in [0.2, 0.25) is 5.88 Å². The van der Waals surface area contributed by atoms with Crippen LogP contribution >= 0.6 is 0 Å². The number of pyridine rings is 1. The molecule has 1 aromatic carbocycles. The van der Waals surface area contributed by atoms with Gasteiger partial charge in [0.1, 0.15) is 0 Å². The van der Waals surface area contributed by atoms with Crippen LogP contribution in [-0.2, 0) is 0 Å². The third-order valence-corrected chi connectivity index (χ3v) is 2.43. The Hall–Kier alpha value is -2.87. The summed E-state index contributed by atoms with van der Waals surface area (Å²) in [5.74, 6) is 6.27. The molecule has 0 fully saturated rings. The summed E-state index contributed by atoms with van der Waals surface area (Å²) < 4.78 is 10.6. The van der Waals surface area contributed by atoms with Gasteiger partial charge in [0.25, 0.3) is 5.69 Å². The minimum Gasteiger partial charge on any atom is -0.493 e. The van der Waals surface area contributed by atoms with Crippen LogP contribution in [0.25, 0.3) is 0 Å². The highest BCUT2D eigenvalue weighted by Gasteiger charge is 2.13.